The first-order chi connectivity index (χ1) is 10.5. The number of hydrogen-bond acceptors (Lipinski definition) is 4. The van der Waals surface area contributed by atoms with E-state index < -0.39 is 21.2 Å². The molecule has 0 radical (unpaired) electrons. The maximum absolute atomic E-state index is 11.6. The lowest BCUT2D eigenvalue weighted by molar-refractivity contribution is 0.200. The molecule has 1 aromatic rings. The van der Waals surface area contributed by atoms with Crippen molar-refractivity contribution in [1.29, 1.82) is 0 Å². The molecule has 0 saturated heterocycles. The van der Waals surface area contributed by atoms with E-state index in [1.165, 1.54) is 0 Å². The van der Waals surface area contributed by atoms with E-state index in [2.05, 4.69) is 10.2 Å². The Morgan fingerprint density at radius 2 is 1.73 bits per heavy atom. The number of azo groups is 1. The van der Waals surface area contributed by atoms with Gasteiger partial charge in [-0.05, 0) is 36.7 Å². The van der Waals surface area contributed by atoms with E-state index in [-0.39, 0.29) is 0 Å². The van der Waals surface area contributed by atoms with E-state index in [9.17, 15) is 9.59 Å². The van der Waals surface area contributed by atoms with E-state index in [4.69, 9.17) is 9.16 Å². The van der Waals surface area contributed by atoms with Gasteiger partial charge in [0.2, 0.25) is 9.04 Å². The topological polar surface area (TPSA) is 77.3 Å². The Kier molecular flexibility index (Phi) is 8.06. The molecular formula is C15H22N2O4Si. The van der Waals surface area contributed by atoms with Crippen LogP contribution in [0.4, 0.5) is 9.59 Å². The molecule has 0 aliphatic rings. The van der Waals surface area contributed by atoms with Crippen LogP contribution in [0.2, 0.25) is 12.1 Å². The third kappa shape index (κ3) is 7.12. The van der Waals surface area contributed by atoms with Crippen LogP contribution < -0.4 is 4.74 Å². The molecular weight excluding hydrogens is 300 g/mol. The van der Waals surface area contributed by atoms with Crippen LogP contribution in [0, 0.1) is 6.92 Å². The van der Waals surface area contributed by atoms with Gasteiger partial charge in [0.1, 0.15) is 5.75 Å². The summed E-state index contributed by atoms with van der Waals surface area (Å²) in [6, 6.07) is 8.77. The van der Waals surface area contributed by atoms with Gasteiger partial charge in [0.05, 0.1) is 0 Å². The second-order valence-electron chi connectivity index (χ2n) is 4.97. The number of ether oxygens (including phenoxy) is 1. The molecule has 0 aliphatic carbocycles. The van der Waals surface area contributed by atoms with Crippen molar-refractivity contribution in [2.24, 2.45) is 10.2 Å². The summed E-state index contributed by atoms with van der Waals surface area (Å²) >= 11 is 0. The van der Waals surface area contributed by atoms with Gasteiger partial charge in [-0.25, -0.2) is 9.59 Å². The van der Waals surface area contributed by atoms with Gasteiger partial charge in [0.25, 0.3) is 0 Å². The molecule has 2 amide bonds. The zero-order chi connectivity index (χ0) is 16.4. The van der Waals surface area contributed by atoms with Gasteiger partial charge >= 0.3 is 12.2 Å². The summed E-state index contributed by atoms with van der Waals surface area (Å²) in [6.45, 7) is 5.97. The van der Waals surface area contributed by atoms with Gasteiger partial charge in [-0.3, -0.25) is 0 Å². The molecule has 0 aliphatic heterocycles. The second-order valence-corrected chi connectivity index (χ2v) is 7.60. The Labute approximate surface area is 132 Å². The first kappa shape index (κ1) is 18.0. The quantitative estimate of drug-likeness (QED) is 0.565. The fourth-order valence-corrected chi connectivity index (χ4v) is 4.10. The van der Waals surface area contributed by atoms with Gasteiger partial charge in [0.15, 0.2) is 0 Å². The summed E-state index contributed by atoms with van der Waals surface area (Å²) in [5.41, 5.74) is 0.953. The van der Waals surface area contributed by atoms with Crippen LogP contribution in [0.3, 0.4) is 0 Å². The number of nitrogens with zero attached hydrogens (tertiary/aromatic N) is 2. The fourth-order valence-electron chi connectivity index (χ4n) is 1.95. The summed E-state index contributed by atoms with van der Waals surface area (Å²) in [7, 11) is -1.59. The number of hydrogen-bond donors (Lipinski definition) is 0. The van der Waals surface area contributed by atoms with Crippen molar-refractivity contribution in [3.63, 3.8) is 0 Å². The molecule has 0 bridgehead atoms. The van der Waals surface area contributed by atoms with Crippen molar-refractivity contribution in [3.8, 4) is 5.75 Å². The third-order valence-electron chi connectivity index (χ3n) is 2.90. The number of benzene rings is 1. The van der Waals surface area contributed by atoms with Gasteiger partial charge < -0.3 is 9.16 Å². The summed E-state index contributed by atoms with van der Waals surface area (Å²) in [5.74, 6) is 0.363. The van der Waals surface area contributed by atoms with Crippen LogP contribution in [-0.2, 0) is 4.43 Å². The lowest BCUT2D eigenvalue weighted by Crippen LogP contribution is -2.20. The highest BCUT2D eigenvalue weighted by Gasteiger charge is 2.15. The first-order valence-electron chi connectivity index (χ1n) is 7.46. The van der Waals surface area contributed by atoms with Gasteiger partial charge in [-0.1, -0.05) is 49.1 Å². The molecule has 1 rings (SSSR count). The summed E-state index contributed by atoms with van der Waals surface area (Å²) in [5, 5.41) is 6.50. The van der Waals surface area contributed by atoms with Crippen molar-refractivity contribution in [3.05, 3.63) is 29.8 Å². The van der Waals surface area contributed by atoms with E-state index in [0.29, 0.717) is 5.75 Å². The third-order valence-corrected chi connectivity index (χ3v) is 5.87. The van der Waals surface area contributed by atoms with Crippen LogP contribution in [-0.4, -0.2) is 21.2 Å². The first-order valence-corrected chi connectivity index (χ1v) is 9.56. The molecule has 0 unspecified atom stereocenters. The van der Waals surface area contributed by atoms with E-state index in [1.807, 2.05) is 26.8 Å². The Bertz CT molecular complexity index is 528. The summed E-state index contributed by atoms with van der Waals surface area (Å²) < 4.78 is 10.2. The number of aryl methyl sites for hydroxylation is 1. The smallest absolute Gasteiger partial charge is 0.458 e. The predicted octanol–water partition coefficient (Wildman–Crippen LogP) is 4.63. The molecule has 0 saturated carbocycles. The van der Waals surface area contributed by atoms with Gasteiger partial charge in [-0.2, -0.15) is 0 Å². The van der Waals surface area contributed by atoms with Crippen LogP contribution >= 0.6 is 0 Å². The monoisotopic (exact) mass is 322 g/mol. The maximum atomic E-state index is 11.6. The molecule has 22 heavy (non-hydrogen) atoms. The Morgan fingerprint density at radius 1 is 1.09 bits per heavy atom. The lowest BCUT2D eigenvalue weighted by atomic mass is 10.2. The fraction of sp³-hybridized carbons (Fsp3) is 0.467. The molecule has 120 valence electrons. The molecule has 7 heteroatoms. The molecule has 0 fully saturated rings. The number of rotatable bonds is 6. The number of carbonyl (C=O) groups excluding carboxylic acids is 2. The van der Waals surface area contributed by atoms with E-state index in [0.717, 1.165) is 30.5 Å². The highest BCUT2D eigenvalue weighted by atomic mass is 28.3. The molecule has 6 nitrogen and oxygen atoms in total. The maximum Gasteiger partial charge on any atom is 0.458 e. The van der Waals surface area contributed by atoms with Crippen LogP contribution in [0.25, 0.3) is 0 Å². The standard InChI is InChI=1S/C15H22N2O4Si/c1-4-9-22(10-5-2)21-15(19)17-16-14(18)20-13-8-6-7-12(3)11-13/h6-8,11,22H,4-5,9-10H2,1-3H3. The minimum absolute atomic E-state index is 0.363. The van der Waals surface area contributed by atoms with E-state index in [1.54, 1.807) is 18.2 Å². The average Bonchev–Trinajstić information content (AvgIpc) is 2.46. The Balaban J connectivity index is 2.48. The van der Waals surface area contributed by atoms with Crippen molar-refractivity contribution >= 4 is 21.2 Å². The van der Waals surface area contributed by atoms with Crippen molar-refractivity contribution < 1.29 is 18.8 Å². The average molecular weight is 322 g/mol. The number of carbonyl (C=O) groups is 2. The molecule has 0 heterocycles. The molecule has 0 N–H and O–H groups in total. The molecule has 0 atom stereocenters. The van der Waals surface area contributed by atoms with Crippen LogP contribution in [0.15, 0.2) is 34.5 Å². The predicted molar refractivity (Wildman–Crippen MR) is 85.9 cm³/mol. The van der Waals surface area contributed by atoms with Gasteiger partial charge in [-0.15, -0.1) is 0 Å². The number of amides is 2. The second kappa shape index (κ2) is 9.83. The largest absolute Gasteiger partial charge is 0.504 e. The van der Waals surface area contributed by atoms with Crippen LogP contribution in [0.1, 0.15) is 32.3 Å². The van der Waals surface area contributed by atoms with Crippen molar-refractivity contribution in [2.45, 2.75) is 45.7 Å². The van der Waals surface area contributed by atoms with Crippen LogP contribution in [0.5, 0.6) is 5.75 Å². The minimum Gasteiger partial charge on any atom is -0.504 e. The normalized spacial score (nSPS) is 10.9. The van der Waals surface area contributed by atoms with Gasteiger partial charge in [0, 0.05) is 0 Å². The summed E-state index contributed by atoms with van der Waals surface area (Å²) in [4.78, 5) is 23.0. The Morgan fingerprint density at radius 3 is 2.32 bits per heavy atom. The van der Waals surface area contributed by atoms with Crippen molar-refractivity contribution in [1.82, 2.24) is 0 Å². The SMILES string of the molecule is CCC[SiH](CCC)OC(=O)N=NC(=O)Oc1cccc(C)c1. The zero-order valence-electron chi connectivity index (χ0n) is 13.2. The minimum atomic E-state index is -1.59. The highest BCUT2D eigenvalue weighted by molar-refractivity contribution is 6.53. The Hall–Kier alpha value is -2.02. The lowest BCUT2D eigenvalue weighted by Gasteiger charge is -2.11. The molecule has 0 aromatic heterocycles. The highest BCUT2D eigenvalue weighted by Crippen LogP contribution is 2.13. The zero-order valence-corrected chi connectivity index (χ0v) is 14.4. The van der Waals surface area contributed by atoms with Crippen molar-refractivity contribution in [2.75, 3.05) is 0 Å². The van der Waals surface area contributed by atoms with E-state index >= 15 is 0 Å². The molecule has 1 aromatic carbocycles. The molecule has 0 spiro atoms. The summed E-state index contributed by atoms with van der Waals surface area (Å²) in [6.07, 6.45) is 0.194.